The third kappa shape index (κ3) is 1.12. The predicted octanol–water partition coefficient (Wildman–Crippen LogP) is 0.388. The number of amides is 2. The number of rotatable bonds is 2. The van der Waals surface area contributed by atoms with E-state index in [1.807, 2.05) is 0 Å². The second-order valence-electron chi connectivity index (χ2n) is 4.36. The molecular weight excluding hydrogens is 218 g/mol. The molecule has 0 radical (unpaired) electrons. The summed E-state index contributed by atoms with van der Waals surface area (Å²) >= 11 is 5.58. The summed E-state index contributed by atoms with van der Waals surface area (Å²) in [7, 11) is 0. The molecule has 4 atom stereocenters. The Kier molecular flexibility index (Phi) is 2.04. The van der Waals surface area contributed by atoms with Gasteiger partial charge in [-0.3, -0.25) is 14.5 Å². The highest BCUT2D eigenvalue weighted by Crippen LogP contribution is 2.48. The predicted molar refractivity (Wildman–Crippen MR) is 52.3 cm³/mol. The highest BCUT2D eigenvalue weighted by atomic mass is 35.5. The maximum Gasteiger partial charge on any atom is 0.235 e. The third-order valence-electron chi connectivity index (χ3n) is 3.68. The summed E-state index contributed by atoms with van der Waals surface area (Å²) in [6.07, 6.45) is 1.80. The number of carbonyl (C=O) groups is 2. The Hall–Kier alpha value is -0.610. The molecule has 82 valence electrons. The number of fused-ring (bicyclic) bond motifs is 5. The summed E-state index contributed by atoms with van der Waals surface area (Å²) in [5.41, 5.74) is 0. The zero-order valence-electron chi connectivity index (χ0n) is 8.19. The van der Waals surface area contributed by atoms with Crippen LogP contribution < -0.4 is 0 Å². The van der Waals surface area contributed by atoms with E-state index in [1.54, 1.807) is 0 Å². The molecule has 3 saturated heterocycles. The summed E-state index contributed by atoms with van der Waals surface area (Å²) < 4.78 is 5.61. The molecule has 5 heteroatoms. The molecule has 0 saturated carbocycles. The summed E-state index contributed by atoms with van der Waals surface area (Å²) in [4.78, 5) is 25.2. The Labute approximate surface area is 92.5 Å². The van der Waals surface area contributed by atoms with E-state index in [-0.39, 0.29) is 35.9 Å². The van der Waals surface area contributed by atoms with Gasteiger partial charge in [-0.05, 0) is 12.8 Å². The van der Waals surface area contributed by atoms with Gasteiger partial charge in [-0.1, -0.05) is 0 Å². The average molecular weight is 230 g/mol. The molecule has 15 heavy (non-hydrogen) atoms. The van der Waals surface area contributed by atoms with Crippen molar-refractivity contribution in [3.8, 4) is 0 Å². The Morgan fingerprint density at radius 2 is 1.73 bits per heavy atom. The number of alkyl halides is 1. The first kappa shape index (κ1) is 9.60. The lowest BCUT2D eigenvalue weighted by atomic mass is 9.81. The van der Waals surface area contributed by atoms with E-state index in [4.69, 9.17) is 16.3 Å². The van der Waals surface area contributed by atoms with Crippen LogP contribution >= 0.6 is 11.6 Å². The fourth-order valence-electron chi connectivity index (χ4n) is 3.08. The van der Waals surface area contributed by atoms with Crippen LogP contribution in [0.4, 0.5) is 0 Å². The Bertz CT molecular complexity index is 305. The molecule has 2 amide bonds. The molecule has 0 aromatic rings. The van der Waals surface area contributed by atoms with E-state index in [0.29, 0.717) is 12.4 Å². The lowest BCUT2D eigenvalue weighted by Gasteiger charge is -2.15. The number of carbonyl (C=O) groups excluding carboxylic acids is 2. The van der Waals surface area contributed by atoms with Crippen LogP contribution in [0.2, 0.25) is 0 Å². The van der Waals surface area contributed by atoms with E-state index in [9.17, 15) is 9.59 Å². The van der Waals surface area contributed by atoms with Gasteiger partial charge >= 0.3 is 0 Å². The standard InChI is InChI=1S/C10H12ClNO3/c11-3-4-12-9(13)7-5-1-2-6(15-5)8(7)10(12)14/h5-8H,1-4H2. The minimum Gasteiger partial charge on any atom is -0.373 e. The van der Waals surface area contributed by atoms with Crippen molar-refractivity contribution < 1.29 is 14.3 Å². The highest BCUT2D eigenvalue weighted by Gasteiger charge is 2.62. The number of likely N-dealkylation sites (tertiary alicyclic amines) is 1. The van der Waals surface area contributed by atoms with Crippen molar-refractivity contribution >= 4 is 23.4 Å². The van der Waals surface area contributed by atoms with Crippen LogP contribution in [0.5, 0.6) is 0 Å². The smallest absolute Gasteiger partial charge is 0.235 e. The van der Waals surface area contributed by atoms with E-state index in [1.165, 1.54) is 4.90 Å². The fourth-order valence-corrected chi connectivity index (χ4v) is 3.25. The number of ether oxygens (including phenoxy) is 1. The van der Waals surface area contributed by atoms with Gasteiger partial charge < -0.3 is 4.74 Å². The molecular formula is C10H12ClNO3. The van der Waals surface area contributed by atoms with E-state index >= 15 is 0 Å². The van der Waals surface area contributed by atoms with Crippen molar-refractivity contribution in [1.82, 2.24) is 4.90 Å². The summed E-state index contributed by atoms with van der Waals surface area (Å²) in [5.74, 6) is -0.248. The van der Waals surface area contributed by atoms with E-state index < -0.39 is 0 Å². The van der Waals surface area contributed by atoms with Crippen molar-refractivity contribution in [2.75, 3.05) is 12.4 Å². The van der Waals surface area contributed by atoms with Crippen molar-refractivity contribution in [2.24, 2.45) is 11.8 Å². The van der Waals surface area contributed by atoms with Gasteiger partial charge in [0.15, 0.2) is 0 Å². The second-order valence-corrected chi connectivity index (χ2v) is 4.74. The molecule has 0 aromatic carbocycles. The molecule has 3 fully saturated rings. The maximum absolute atomic E-state index is 11.9. The topological polar surface area (TPSA) is 46.6 Å². The normalized spacial score (nSPS) is 42.9. The molecule has 3 aliphatic rings. The van der Waals surface area contributed by atoms with E-state index in [0.717, 1.165) is 12.8 Å². The number of hydrogen-bond acceptors (Lipinski definition) is 3. The molecule has 4 unspecified atom stereocenters. The molecule has 0 aliphatic carbocycles. The highest BCUT2D eigenvalue weighted by molar-refractivity contribution is 6.18. The quantitative estimate of drug-likeness (QED) is 0.508. The molecule has 3 aliphatic heterocycles. The first-order chi connectivity index (χ1) is 7.24. The van der Waals surface area contributed by atoms with Gasteiger partial charge in [0, 0.05) is 12.4 Å². The third-order valence-corrected chi connectivity index (χ3v) is 3.85. The SMILES string of the molecule is O=C1C2C3CCC(O3)C2C(=O)N1CCCl. The largest absolute Gasteiger partial charge is 0.373 e. The van der Waals surface area contributed by atoms with Gasteiger partial charge in [-0.2, -0.15) is 0 Å². The van der Waals surface area contributed by atoms with Gasteiger partial charge in [0.2, 0.25) is 11.8 Å². The Morgan fingerprint density at radius 3 is 2.20 bits per heavy atom. The van der Waals surface area contributed by atoms with Crippen LogP contribution in [0.15, 0.2) is 0 Å². The van der Waals surface area contributed by atoms with Crippen molar-refractivity contribution in [3.05, 3.63) is 0 Å². The van der Waals surface area contributed by atoms with Gasteiger partial charge in [0.1, 0.15) is 0 Å². The van der Waals surface area contributed by atoms with Crippen LogP contribution in [0.1, 0.15) is 12.8 Å². The second kappa shape index (κ2) is 3.19. The molecule has 0 aromatic heterocycles. The fraction of sp³-hybridized carbons (Fsp3) is 0.800. The Balaban J connectivity index is 1.90. The zero-order valence-corrected chi connectivity index (χ0v) is 8.94. The zero-order chi connectivity index (χ0) is 10.6. The summed E-state index contributed by atoms with van der Waals surface area (Å²) in [6.45, 7) is 0.339. The Morgan fingerprint density at radius 1 is 1.20 bits per heavy atom. The van der Waals surface area contributed by atoms with Crippen molar-refractivity contribution in [2.45, 2.75) is 25.0 Å². The van der Waals surface area contributed by atoms with Crippen LogP contribution in [0, 0.1) is 11.8 Å². The minimum absolute atomic E-state index is 0.0169. The minimum atomic E-state index is -0.209. The molecule has 4 nitrogen and oxygen atoms in total. The average Bonchev–Trinajstić information content (AvgIpc) is 2.87. The van der Waals surface area contributed by atoms with E-state index in [2.05, 4.69) is 0 Å². The van der Waals surface area contributed by atoms with Gasteiger partial charge in [-0.15, -0.1) is 11.6 Å². The lowest BCUT2D eigenvalue weighted by molar-refractivity contribution is -0.142. The first-order valence-corrected chi connectivity index (χ1v) is 5.84. The summed E-state index contributed by atoms with van der Waals surface area (Å²) in [5, 5.41) is 0. The lowest BCUT2D eigenvalue weighted by Crippen LogP contribution is -2.35. The molecule has 2 bridgehead atoms. The number of nitrogens with zero attached hydrogens (tertiary/aromatic N) is 1. The molecule has 0 N–H and O–H groups in total. The van der Waals surface area contributed by atoms with Crippen LogP contribution in [0.25, 0.3) is 0 Å². The van der Waals surface area contributed by atoms with Gasteiger partial charge in [0.05, 0.1) is 24.0 Å². The molecule has 3 rings (SSSR count). The van der Waals surface area contributed by atoms with Crippen LogP contribution in [-0.4, -0.2) is 41.3 Å². The summed E-state index contributed by atoms with van der Waals surface area (Å²) in [6, 6.07) is 0. The number of halogens is 1. The number of hydrogen-bond donors (Lipinski definition) is 0. The van der Waals surface area contributed by atoms with Crippen LogP contribution in [-0.2, 0) is 14.3 Å². The van der Waals surface area contributed by atoms with Crippen molar-refractivity contribution in [1.29, 1.82) is 0 Å². The van der Waals surface area contributed by atoms with Crippen molar-refractivity contribution in [3.63, 3.8) is 0 Å². The van der Waals surface area contributed by atoms with Gasteiger partial charge in [0.25, 0.3) is 0 Å². The van der Waals surface area contributed by atoms with Crippen LogP contribution in [0.3, 0.4) is 0 Å². The number of imide groups is 1. The van der Waals surface area contributed by atoms with Gasteiger partial charge in [-0.25, -0.2) is 0 Å². The maximum atomic E-state index is 11.9. The molecule has 0 spiro atoms. The first-order valence-electron chi connectivity index (χ1n) is 5.30. The molecule has 3 heterocycles. The monoisotopic (exact) mass is 229 g/mol.